The SMILES string of the molecule is CCCCNc1c(Br)cnc2c1CCc1cc(Cl)ccc1C2=C1CCNCC1. The molecule has 2 N–H and O–H groups in total. The number of aromatic nitrogens is 1. The highest BCUT2D eigenvalue weighted by molar-refractivity contribution is 9.10. The van der Waals surface area contributed by atoms with Crippen LogP contribution >= 0.6 is 27.5 Å². The van der Waals surface area contributed by atoms with E-state index in [4.69, 9.17) is 16.6 Å². The van der Waals surface area contributed by atoms with Crippen molar-refractivity contribution < 1.29 is 0 Å². The topological polar surface area (TPSA) is 37.0 Å². The van der Waals surface area contributed by atoms with Crippen LogP contribution in [0.5, 0.6) is 0 Å². The van der Waals surface area contributed by atoms with E-state index in [1.165, 1.54) is 46.4 Å². The summed E-state index contributed by atoms with van der Waals surface area (Å²) in [5.74, 6) is 0. The summed E-state index contributed by atoms with van der Waals surface area (Å²) in [6.07, 6.45) is 8.43. The van der Waals surface area contributed by atoms with Crippen molar-refractivity contribution in [1.29, 1.82) is 0 Å². The molecular formula is C23H27BrClN3. The number of rotatable bonds is 4. The number of nitrogens with one attached hydrogen (secondary N) is 2. The standard InChI is InChI=1S/C23H27BrClN3/c1-2-3-10-27-22-19-6-4-16-13-17(25)5-7-18(16)21(15-8-11-26-12-9-15)23(19)28-14-20(22)24/h5,7,13-14,26H,2-4,6,8-12H2,1H3,(H,27,28). The van der Waals surface area contributed by atoms with E-state index in [0.29, 0.717) is 0 Å². The van der Waals surface area contributed by atoms with Crippen LogP contribution in [0.3, 0.4) is 0 Å². The van der Waals surface area contributed by atoms with Crippen molar-refractivity contribution in [2.45, 2.75) is 45.4 Å². The Morgan fingerprint density at radius 1 is 1.18 bits per heavy atom. The molecular weight excluding hydrogens is 434 g/mol. The molecule has 0 spiro atoms. The number of pyridine rings is 1. The summed E-state index contributed by atoms with van der Waals surface area (Å²) in [5.41, 5.74) is 9.20. The van der Waals surface area contributed by atoms with Crippen LogP contribution in [0.4, 0.5) is 5.69 Å². The molecule has 1 aliphatic carbocycles. The van der Waals surface area contributed by atoms with Crippen LogP contribution < -0.4 is 10.6 Å². The van der Waals surface area contributed by atoms with Crippen LogP contribution in [0.15, 0.2) is 34.4 Å². The second-order valence-corrected chi connectivity index (χ2v) is 8.91. The van der Waals surface area contributed by atoms with Gasteiger partial charge in [0.15, 0.2) is 0 Å². The van der Waals surface area contributed by atoms with Gasteiger partial charge in [0.2, 0.25) is 0 Å². The highest BCUT2D eigenvalue weighted by atomic mass is 79.9. The Balaban J connectivity index is 1.89. The summed E-state index contributed by atoms with van der Waals surface area (Å²) < 4.78 is 1.06. The Labute approximate surface area is 181 Å². The monoisotopic (exact) mass is 459 g/mol. The highest BCUT2D eigenvalue weighted by Gasteiger charge is 2.26. The first-order chi connectivity index (χ1) is 13.7. The minimum atomic E-state index is 0.815. The zero-order valence-corrected chi connectivity index (χ0v) is 18.7. The lowest BCUT2D eigenvalue weighted by Gasteiger charge is -2.23. The van der Waals surface area contributed by atoms with Crippen molar-refractivity contribution in [2.24, 2.45) is 0 Å². The van der Waals surface area contributed by atoms with Gasteiger partial charge < -0.3 is 10.6 Å². The average molecular weight is 461 g/mol. The second-order valence-electron chi connectivity index (χ2n) is 7.62. The van der Waals surface area contributed by atoms with Gasteiger partial charge in [-0.3, -0.25) is 4.98 Å². The average Bonchev–Trinajstić information content (AvgIpc) is 2.87. The van der Waals surface area contributed by atoms with E-state index in [1.807, 2.05) is 12.3 Å². The minimum Gasteiger partial charge on any atom is -0.384 e. The number of hydrogen-bond acceptors (Lipinski definition) is 3. The van der Waals surface area contributed by atoms with Gasteiger partial charge in [-0.2, -0.15) is 0 Å². The van der Waals surface area contributed by atoms with Crippen molar-refractivity contribution in [2.75, 3.05) is 25.0 Å². The molecule has 1 fully saturated rings. The molecule has 1 saturated heterocycles. The molecule has 28 heavy (non-hydrogen) atoms. The smallest absolute Gasteiger partial charge is 0.0761 e. The third-order valence-corrected chi connectivity index (χ3v) is 6.58. The third kappa shape index (κ3) is 4.00. The fourth-order valence-electron chi connectivity index (χ4n) is 4.30. The van der Waals surface area contributed by atoms with Gasteiger partial charge in [-0.05, 0) is 84.4 Å². The molecule has 148 valence electrons. The molecule has 0 atom stereocenters. The van der Waals surface area contributed by atoms with Gasteiger partial charge in [0, 0.05) is 28.9 Å². The zero-order chi connectivity index (χ0) is 19.5. The summed E-state index contributed by atoms with van der Waals surface area (Å²) in [6.45, 7) is 5.29. The Bertz CT molecular complexity index is 899. The first-order valence-electron chi connectivity index (χ1n) is 10.3. The molecule has 4 rings (SSSR count). The molecule has 0 saturated carbocycles. The summed E-state index contributed by atoms with van der Waals surface area (Å²) in [6, 6.07) is 6.36. The van der Waals surface area contributed by atoms with Crippen molar-refractivity contribution in [3.8, 4) is 0 Å². The molecule has 1 aliphatic heterocycles. The first-order valence-corrected chi connectivity index (χ1v) is 11.5. The van der Waals surface area contributed by atoms with Gasteiger partial charge in [0.25, 0.3) is 0 Å². The van der Waals surface area contributed by atoms with Crippen molar-refractivity contribution in [1.82, 2.24) is 10.3 Å². The molecule has 2 aromatic rings. The highest BCUT2D eigenvalue weighted by Crippen LogP contribution is 2.41. The summed E-state index contributed by atoms with van der Waals surface area (Å²) in [5, 5.41) is 7.98. The second kappa shape index (κ2) is 8.98. The Morgan fingerprint density at radius 2 is 2.00 bits per heavy atom. The summed E-state index contributed by atoms with van der Waals surface area (Å²) in [4.78, 5) is 4.95. The number of aryl methyl sites for hydroxylation is 1. The predicted octanol–water partition coefficient (Wildman–Crippen LogP) is 5.99. The predicted molar refractivity (Wildman–Crippen MR) is 122 cm³/mol. The normalized spacial score (nSPS) is 16.4. The third-order valence-electron chi connectivity index (χ3n) is 5.74. The molecule has 1 aromatic heterocycles. The van der Waals surface area contributed by atoms with E-state index in [-0.39, 0.29) is 0 Å². The van der Waals surface area contributed by atoms with Crippen LogP contribution in [0.2, 0.25) is 5.02 Å². The van der Waals surface area contributed by atoms with Crippen LogP contribution in [0, 0.1) is 0 Å². The molecule has 0 amide bonds. The van der Waals surface area contributed by atoms with Crippen LogP contribution in [-0.4, -0.2) is 24.6 Å². The van der Waals surface area contributed by atoms with Crippen molar-refractivity contribution >= 4 is 38.8 Å². The van der Waals surface area contributed by atoms with Gasteiger partial charge in [-0.25, -0.2) is 0 Å². The first kappa shape index (κ1) is 19.9. The maximum absolute atomic E-state index is 6.35. The Hall–Kier alpha value is -1.36. The summed E-state index contributed by atoms with van der Waals surface area (Å²) in [7, 11) is 0. The molecule has 2 aliphatic rings. The largest absolute Gasteiger partial charge is 0.384 e. The Morgan fingerprint density at radius 3 is 2.79 bits per heavy atom. The maximum Gasteiger partial charge on any atom is 0.0761 e. The lowest BCUT2D eigenvalue weighted by atomic mass is 9.89. The zero-order valence-electron chi connectivity index (χ0n) is 16.4. The molecule has 2 heterocycles. The van der Waals surface area contributed by atoms with Gasteiger partial charge in [0.1, 0.15) is 0 Å². The van der Waals surface area contributed by atoms with Crippen LogP contribution in [0.1, 0.15) is 55.0 Å². The number of anilines is 1. The number of piperidine rings is 1. The molecule has 0 radical (unpaired) electrons. The van der Waals surface area contributed by atoms with Gasteiger partial charge >= 0.3 is 0 Å². The lowest BCUT2D eigenvalue weighted by Crippen LogP contribution is -2.24. The van der Waals surface area contributed by atoms with E-state index >= 15 is 0 Å². The van der Waals surface area contributed by atoms with Gasteiger partial charge in [0.05, 0.1) is 15.9 Å². The lowest BCUT2D eigenvalue weighted by molar-refractivity contribution is 0.611. The fraction of sp³-hybridized carbons (Fsp3) is 0.435. The fourth-order valence-corrected chi connectivity index (χ4v) is 4.98. The minimum absolute atomic E-state index is 0.815. The van der Waals surface area contributed by atoms with E-state index in [1.54, 1.807) is 0 Å². The number of unbranched alkanes of at least 4 members (excludes halogenated alkanes) is 1. The maximum atomic E-state index is 6.35. The van der Waals surface area contributed by atoms with Gasteiger partial charge in [-0.1, -0.05) is 36.6 Å². The summed E-state index contributed by atoms with van der Waals surface area (Å²) >= 11 is 10.1. The number of halogens is 2. The van der Waals surface area contributed by atoms with E-state index in [0.717, 1.165) is 60.5 Å². The van der Waals surface area contributed by atoms with Crippen molar-refractivity contribution in [3.63, 3.8) is 0 Å². The molecule has 5 heteroatoms. The van der Waals surface area contributed by atoms with E-state index in [9.17, 15) is 0 Å². The molecule has 1 aromatic carbocycles. The molecule has 3 nitrogen and oxygen atoms in total. The quantitative estimate of drug-likeness (QED) is 0.550. The Kier molecular flexibility index (Phi) is 6.39. The number of fused-ring (bicyclic) bond motifs is 2. The van der Waals surface area contributed by atoms with Crippen LogP contribution in [-0.2, 0) is 12.8 Å². The van der Waals surface area contributed by atoms with Crippen LogP contribution in [0.25, 0.3) is 5.57 Å². The molecule has 0 unspecified atom stereocenters. The number of hydrogen-bond donors (Lipinski definition) is 2. The number of benzene rings is 1. The number of nitrogens with zero attached hydrogens (tertiary/aromatic N) is 1. The van der Waals surface area contributed by atoms with Gasteiger partial charge in [-0.15, -0.1) is 0 Å². The van der Waals surface area contributed by atoms with Crippen molar-refractivity contribution in [3.05, 3.63) is 61.8 Å². The van der Waals surface area contributed by atoms with E-state index in [2.05, 4.69) is 45.6 Å². The van der Waals surface area contributed by atoms with E-state index < -0.39 is 0 Å². The molecule has 0 bridgehead atoms.